The van der Waals surface area contributed by atoms with Crippen LogP contribution < -0.4 is 5.73 Å². The second kappa shape index (κ2) is 3.83. The minimum Gasteiger partial charge on any atom is -0.383 e. The number of aliphatic imine (C=N–C) groups is 1. The predicted molar refractivity (Wildman–Crippen MR) is 40.1 cm³/mol. The molecule has 0 aliphatic carbocycles. The van der Waals surface area contributed by atoms with Gasteiger partial charge < -0.3 is 11.1 Å². The molecular weight excluding hydrogens is 114 g/mol. The monoisotopic (exact) mass is 125 g/mol. The molecule has 0 bridgehead atoms. The van der Waals surface area contributed by atoms with Gasteiger partial charge in [0.05, 0.1) is 0 Å². The highest BCUT2D eigenvalue weighted by Gasteiger charge is 1.92. The molecule has 0 atom stereocenters. The average Bonchev–Trinajstić information content (AvgIpc) is 1.90. The normalized spacial score (nSPS) is 13.6. The number of nitrogens with zero attached hydrogens (tertiary/aromatic N) is 1. The van der Waals surface area contributed by atoms with Crippen LogP contribution in [0, 0.1) is 5.41 Å². The van der Waals surface area contributed by atoms with E-state index < -0.39 is 0 Å². The SMILES string of the molecule is C/C=C(\C=N)C(N)=NC. The summed E-state index contributed by atoms with van der Waals surface area (Å²) in [6, 6.07) is 0. The van der Waals surface area contributed by atoms with Crippen molar-refractivity contribution in [1.29, 1.82) is 5.41 Å². The molecular formula is C6H11N3. The Balaban J connectivity index is 4.32. The lowest BCUT2D eigenvalue weighted by Crippen LogP contribution is -2.14. The summed E-state index contributed by atoms with van der Waals surface area (Å²) in [6.45, 7) is 1.82. The van der Waals surface area contributed by atoms with Gasteiger partial charge in [0.1, 0.15) is 5.84 Å². The number of rotatable bonds is 2. The van der Waals surface area contributed by atoms with E-state index >= 15 is 0 Å². The van der Waals surface area contributed by atoms with Crippen LogP contribution in [0.15, 0.2) is 16.6 Å². The first-order valence-corrected chi connectivity index (χ1v) is 2.65. The minimum absolute atomic E-state index is 0.410. The molecule has 0 unspecified atom stereocenters. The molecule has 0 saturated heterocycles. The zero-order valence-electron chi connectivity index (χ0n) is 5.68. The van der Waals surface area contributed by atoms with Crippen molar-refractivity contribution in [3.05, 3.63) is 11.6 Å². The van der Waals surface area contributed by atoms with Crippen LogP contribution in [0.25, 0.3) is 0 Å². The van der Waals surface area contributed by atoms with Gasteiger partial charge in [0.2, 0.25) is 0 Å². The number of nitrogens with one attached hydrogen (secondary N) is 1. The first-order chi connectivity index (χ1) is 4.26. The van der Waals surface area contributed by atoms with Crippen LogP contribution in [-0.2, 0) is 0 Å². The van der Waals surface area contributed by atoms with E-state index in [9.17, 15) is 0 Å². The number of nitrogens with two attached hydrogens (primary N) is 1. The molecule has 9 heavy (non-hydrogen) atoms. The first kappa shape index (κ1) is 7.88. The number of hydrogen-bond acceptors (Lipinski definition) is 2. The van der Waals surface area contributed by atoms with E-state index in [2.05, 4.69) is 4.99 Å². The molecule has 0 aliphatic rings. The quantitative estimate of drug-likeness (QED) is 0.411. The van der Waals surface area contributed by atoms with E-state index in [-0.39, 0.29) is 0 Å². The zero-order valence-corrected chi connectivity index (χ0v) is 5.68. The van der Waals surface area contributed by atoms with Gasteiger partial charge in [-0.3, -0.25) is 4.99 Å². The van der Waals surface area contributed by atoms with Gasteiger partial charge in [-0.25, -0.2) is 0 Å². The standard InChI is InChI=1S/C6H11N3/c1-3-5(4-7)6(8)9-2/h3-4,7H,1-2H3,(H2,8,9)/b5-3+,7-4?. The molecule has 0 heterocycles. The molecule has 0 aromatic heterocycles. The van der Waals surface area contributed by atoms with Crippen molar-refractivity contribution in [3.8, 4) is 0 Å². The maximum Gasteiger partial charge on any atom is 0.126 e. The molecule has 0 radical (unpaired) electrons. The van der Waals surface area contributed by atoms with Crippen LogP contribution in [0.4, 0.5) is 0 Å². The predicted octanol–water partition coefficient (Wildman–Crippen LogP) is 0.569. The number of hydrogen-bond donors (Lipinski definition) is 2. The third-order valence-corrected chi connectivity index (χ3v) is 1.00. The van der Waals surface area contributed by atoms with E-state index in [1.54, 1.807) is 13.1 Å². The molecule has 3 N–H and O–H groups in total. The van der Waals surface area contributed by atoms with E-state index in [1.165, 1.54) is 6.21 Å². The summed E-state index contributed by atoms with van der Waals surface area (Å²) in [5, 5.41) is 6.84. The Morgan fingerprint density at radius 1 is 1.67 bits per heavy atom. The molecule has 0 fully saturated rings. The van der Waals surface area contributed by atoms with Crippen molar-refractivity contribution in [1.82, 2.24) is 0 Å². The lowest BCUT2D eigenvalue weighted by atomic mass is 10.2. The Morgan fingerprint density at radius 3 is 2.33 bits per heavy atom. The van der Waals surface area contributed by atoms with Crippen molar-refractivity contribution in [2.75, 3.05) is 7.05 Å². The van der Waals surface area contributed by atoms with Crippen molar-refractivity contribution >= 4 is 12.1 Å². The van der Waals surface area contributed by atoms with Crippen LogP contribution in [0.5, 0.6) is 0 Å². The van der Waals surface area contributed by atoms with Gasteiger partial charge in [-0.15, -0.1) is 0 Å². The Kier molecular flexibility index (Phi) is 3.35. The summed E-state index contributed by atoms with van der Waals surface area (Å²) < 4.78 is 0. The van der Waals surface area contributed by atoms with Gasteiger partial charge in [-0.1, -0.05) is 6.08 Å². The van der Waals surface area contributed by atoms with Crippen molar-refractivity contribution in [2.24, 2.45) is 10.7 Å². The van der Waals surface area contributed by atoms with Crippen LogP contribution in [0.1, 0.15) is 6.92 Å². The fourth-order valence-electron chi connectivity index (χ4n) is 0.434. The van der Waals surface area contributed by atoms with Crippen molar-refractivity contribution < 1.29 is 0 Å². The van der Waals surface area contributed by atoms with Gasteiger partial charge in [0.25, 0.3) is 0 Å². The summed E-state index contributed by atoms with van der Waals surface area (Å²) >= 11 is 0. The summed E-state index contributed by atoms with van der Waals surface area (Å²) in [7, 11) is 1.60. The number of amidine groups is 1. The molecule has 0 aromatic carbocycles. The highest BCUT2D eigenvalue weighted by atomic mass is 14.8. The second-order valence-corrected chi connectivity index (χ2v) is 1.50. The molecule has 3 nitrogen and oxygen atoms in total. The maximum atomic E-state index is 6.84. The second-order valence-electron chi connectivity index (χ2n) is 1.50. The summed E-state index contributed by atoms with van der Waals surface area (Å²) in [6.07, 6.45) is 2.93. The van der Waals surface area contributed by atoms with Gasteiger partial charge in [-0.2, -0.15) is 0 Å². The molecule has 0 aliphatic heterocycles. The van der Waals surface area contributed by atoms with Crippen molar-refractivity contribution in [3.63, 3.8) is 0 Å². The largest absolute Gasteiger partial charge is 0.383 e. The zero-order chi connectivity index (χ0) is 7.28. The van der Waals surface area contributed by atoms with E-state index in [1.807, 2.05) is 6.92 Å². The van der Waals surface area contributed by atoms with Crippen LogP contribution in [0.3, 0.4) is 0 Å². The fraction of sp³-hybridized carbons (Fsp3) is 0.333. The van der Waals surface area contributed by atoms with Gasteiger partial charge >= 0.3 is 0 Å². The molecule has 0 spiro atoms. The van der Waals surface area contributed by atoms with Gasteiger partial charge in [0, 0.05) is 18.8 Å². The minimum atomic E-state index is 0.410. The smallest absolute Gasteiger partial charge is 0.126 e. The van der Waals surface area contributed by atoms with Crippen LogP contribution in [0.2, 0.25) is 0 Å². The fourth-order valence-corrected chi connectivity index (χ4v) is 0.434. The average molecular weight is 125 g/mol. The maximum absolute atomic E-state index is 6.84. The lowest BCUT2D eigenvalue weighted by molar-refractivity contribution is 1.39. The topological polar surface area (TPSA) is 62.2 Å². The molecule has 0 aromatic rings. The highest BCUT2D eigenvalue weighted by molar-refractivity contribution is 6.13. The first-order valence-electron chi connectivity index (χ1n) is 2.65. The van der Waals surface area contributed by atoms with E-state index in [0.717, 1.165) is 0 Å². The summed E-state index contributed by atoms with van der Waals surface area (Å²) in [5.41, 5.74) is 6.03. The Hall–Kier alpha value is -1.12. The molecule has 0 rings (SSSR count). The van der Waals surface area contributed by atoms with Gasteiger partial charge in [-0.05, 0) is 6.92 Å². The van der Waals surface area contributed by atoms with Crippen LogP contribution >= 0.6 is 0 Å². The summed E-state index contributed by atoms with van der Waals surface area (Å²) in [5.74, 6) is 0.410. The third kappa shape index (κ3) is 2.08. The van der Waals surface area contributed by atoms with E-state index in [0.29, 0.717) is 11.4 Å². The molecule has 3 heteroatoms. The lowest BCUT2D eigenvalue weighted by Gasteiger charge is -1.94. The molecule has 0 amide bonds. The highest BCUT2D eigenvalue weighted by Crippen LogP contribution is 1.87. The van der Waals surface area contributed by atoms with E-state index in [4.69, 9.17) is 11.1 Å². The number of allylic oxidation sites excluding steroid dienone is 1. The van der Waals surface area contributed by atoms with Crippen molar-refractivity contribution in [2.45, 2.75) is 6.92 Å². The molecule has 0 saturated carbocycles. The molecule has 50 valence electrons. The van der Waals surface area contributed by atoms with Crippen LogP contribution in [-0.4, -0.2) is 19.1 Å². The third-order valence-electron chi connectivity index (χ3n) is 1.00. The Labute approximate surface area is 54.8 Å². The Bertz CT molecular complexity index is 156. The summed E-state index contributed by atoms with van der Waals surface area (Å²) in [4.78, 5) is 3.71. The van der Waals surface area contributed by atoms with Gasteiger partial charge in [0.15, 0.2) is 0 Å². The Morgan fingerprint density at radius 2 is 2.22 bits per heavy atom.